The van der Waals surface area contributed by atoms with Gasteiger partial charge in [0.2, 0.25) is 11.8 Å². The van der Waals surface area contributed by atoms with Gasteiger partial charge in [-0.15, -0.1) is 0 Å². The molecule has 1 aliphatic rings. The molecule has 1 aromatic carbocycles. The maximum absolute atomic E-state index is 12.8. The predicted octanol–water partition coefficient (Wildman–Crippen LogP) is 3.84. The van der Waals surface area contributed by atoms with E-state index in [2.05, 4.69) is 10.3 Å². The van der Waals surface area contributed by atoms with Crippen molar-refractivity contribution < 1.29 is 19.1 Å². The summed E-state index contributed by atoms with van der Waals surface area (Å²) in [5.74, 6) is 0.0996. The Morgan fingerprint density at radius 1 is 1.09 bits per heavy atom. The Labute approximate surface area is 209 Å². The van der Waals surface area contributed by atoms with Crippen LogP contribution in [-0.4, -0.2) is 68.0 Å². The summed E-state index contributed by atoms with van der Waals surface area (Å²) in [4.78, 5) is 45.5. The molecule has 9 nitrogen and oxygen atoms in total. The number of ether oxygens (including phenoxy) is 1. The minimum absolute atomic E-state index is 0.00707. The Morgan fingerprint density at radius 3 is 2.32 bits per heavy atom. The van der Waals surface area contributed by atoms with Crippen molar-refractivity contribution in [3.8, 4) is 0 Å². The SMILES string of the molecule is CC(C)(C)NC(=O)Cn1c(CN2CCN(C(=O)OC(C)(C)C)CC2=O)nc2cc(Cl)c(Cl)cc21. The largest absolute Gasteiger partial charge is 0.444 e. The molecular weight excluding hydrogens is 481 g/mol. The average Bonchev–Trinajstić information content (AvgIpc) is 2.97. The fourth-order valence-electron chi connectivity index (χ4n) is 3.60. The molecule has 0 atom stereocenters. The van der Waals surface area contributed by atoms with Crippen LogP contribution in [-0.2, 0) is 27.4 Å². The van der Waals surface area contributed by atoms with Gasteiger partial charge in [-0.05, 0) is 53.7 Å². The summed E-state index contributed by atoms with van der Waals surface area (Å²) in [6, 6.07) is 3.31. The summed E-state index contributed by atoms with van der Waals surface area (Å²) in [6.45, 7) is 11.8. The van der Waals surface area contributed by atoms with Crippen molar-refractivity contribution in [1.82, 2.24) is 24.7 Å². The van der Waals surface area contributed by atoms with Crippen molar-refractivity contribution in [3.05, 3.63) is 28.0 Å². The number of rotatable bonds is 4. The molecule has 3 rings (SSSR count). The van der Waals surface area contributed by atoms with Crippen LogP contribution in [0.3, 0.4) is 0 Å². The number of piperazine rings is 1. The van der Waals surface area contributed by atoms with Crippen molar-refractivity contribution >= 4 is 52.1 Å². The second-order valence-corrected chi connectivity index (χ2v) is 11.2. The van der Waals surface area contributed by atoms with Crippen LogP contribution in [0.15, 0.2) is 12.1 Å². The summed E-state index contributed by atoms with van der Waals surface area (Å²) < 4.78 is 7.12. The molecule has 1 fully saturated rings. The Morgan fingerprint density at radius 2 is 1.74 bits per heavy atom. The number of nitrogens with zero attached hydrogens (tertiary/aromatic N) is 4. The first-order valence-corrected chi connectivity index (χ1v) is 11.8. The van der Waals surface area contributed by atoms with Crippen LogP contribution in [0.2, 0.25) is 10.0 Å². The number of hydrogen-bond donors (Lipinski definition) is 1. The first-order chi connectivity index (χ1) is 15.6. The van der Waals surface area contributed by atoms with E-state index >= 15 is 0 Å². The molecule has 1 N–H and O–H groups in total. The first kappa shape index (κ1) is 26.1. The molecule has 1 saturated heterocycles. The van der Waals surface area contributed by atoms with Gasteiger partial charge in [0.25, 0.3) is 0 Å². The summed E-state index contributed by atoms with van der Waals surface area (Å²) in [6.07, 6.45) is -0.518. The van der Waals surface area contributed by atoms with E-state index in [0.717, 1.165) is 0 Å². The van der Waals surface area contributed by atoms with Gasteiger partial charge in [0, 0.05) is 18.6 Å². The lowest BCUT2D eigenvalue weighted by atomic mass is 10.1. The van der Waals surface area contributed by atoms with Gasteiger partial charge in [-0.25, -0.2) is 9.78 Å². The van der Waals surface area contributed by atoms with Gasteiger partial charge in [-0.2, -0.15) is 0 Å². The topological polar surface area (TPSA) is 96.8 Å². The van der Waals surface area contributed by atoms with Crippen LogP contribution in [0, 0.1) is 0 Å². The van der Waals surface area contributed by atoms with Gasteiger partial charge in [0.1, 0.15) is 24.5 Å². The average molecular weight is 512 g/mol. The molecule has 3 amide bonds. The molecule has 0 saturated carbocycles. The van der Waals surface area contributed by atoms with Crippen LogP contribution < -0.4 is 5.32 Å². The zero-order valence-electron chi connectivity index (χ0n) is 20.4. The lowest BCUT2D eigenvalue weighted by Gasteiger charge is -2.35. The van der Waals surface area contributed by atoms with Crippen LogP contribution >= 0.6 is 23.2 Å². The second-order valence-electron chi connectivity index (χ2n) is 10.4. The maximum atomic E-state index is 12.8. The number of fused-ring (bicyclic) bond motifs is 1. The van der Waals surface area contributed by atoms with Crippen LogP contribution in [0.5, 0.6) is 0 Å². The lowest BCUT2D eigenvalue weighted by Crippen LogP contribution is -2.53. The van der Waals surface area contributed by atoms with E-state index in [1.807, 2.05) is 20.8 Å². The lowest BCUT2D eigenvalue weighted by molar-refractivity contribution is -0.136. The van der Waals surface area contributed by atoms with Crippen molar-refractivity contribution in [2.75, 3.05) is 19.6 Å². The number of benzene rings is 1. The predicted molar refractivity (Wildman–Crippen MR) is 131 cm³/mol. The van der Waals surface area contributed by atoms with Gasteiger partial charge in [0.15, 0.2) is 0 Å². The quantitative estimate of drug-likeness (QED) is 0.672. The van der Waals surface area contributed by atoms with Gasteiger partial charge in [-0.3, -0.25) is 14.5 Å². The molecule has 0 spiro atoms. The van der Waals surface area contributed by atoms with Gasteiger partial charge >= 0.3 is 6.09 Å². The number of aromatic nitrogens is 2. The fraction of sp³-hybridized carbons (Fsp3) is 0.565. The van der Waals surface area contributed by atoms with E-state index in [0.29, 0.717) is 40.0 Å². The third kappa shape index (κ3) is 6.54. The molecule has 2 heterocycles. The highest BCUT2D eigenvalue weighted by Gasteiger charge is 2.31. The van der Waals surface area contributed by atoms with Gasteiger partial charge in [0.05, 0.1) is 27.6 Å². The van der Waals surface area contributed by atoms with E-state index < -0.39 is 17.2 Å². The van der Waals surface area contributed by atoms with Crippen molar-refractivity contribution in [2.24, 2.45) is 0 Å². The molecule has 1 aliphatic heterocycles. The summed E-state index contributed by atoms with van der Waals surface area (Å²) in [7, 11) is 0. The number of carbonyl (C=O) groups is 3. The van der Waals surface area contributed by atoms with Crippen LogP contribution in [0.1, 0.15) is 47.4 Å². The molecule has 0 radical (unpaired) electrons. The Hall–Kier alpha value is -2.52. The standard InChI is InChI=1S/C23H31Cl2N5O4/c1-22(2,3)27-19(31)12-30-17-10-15(25)14(24)9-16(17)26-18(30)11-28-7-8-29(13-20(28)32)21(33)34-23(4,5)6/h9-10H,7-8,11-13H2,1-6H3,(H,27,31). The van der Waals surface area contributed by atoms with Gasteiger partial charge in [-0.1, -0.05) is 23.2 Å². The van der Waals surface area contributed by atoms with E-state index in [4.69, 9.17) is 27.9 Å². The number of nitrogens with one attached hydrogen (secondary N) is 1. The van der Waals surface area contributed by atoms with Crippen molar-refractivity contribution in [1.29, 1.82) is 0 Å². The number of halogens is 2. The van der Waals surface area contributed by atoms with E-state index in [1.54, 1.807) is 42.4 Å². The summed E-state index contributed by atoms with van der Waals surface area (Å²) in [5, 5.41) is 3.64. The van der Waals surface area contributed by atoms with E-state index in [9.17, 15) is 14.4 Å². The highest BCUT2D eigenvalue weighted by atomic mass is 35.5. The number of carbonyl (C=O) groups excluding carboxylic acids is 3. The Bertz CT molecular complexity index is 1120. The Kier molecular flexibility index (Phi) is 7.38. The molecule has 11 heteroatoms. The molecule has 2 aromatic rings. The number of imidazole rings is 1. The Balaban J connectivity index is 1.83. The molecule has 1 aromatic heterocycles. The van der Waals surface area contributed by atoms with Crippen LogP contribution in [0.4, 0.5) is 4.79 Å². The summed E-state index contributed by atoms with van der Waals surface area (Å²) in [5.41, 5.74) is 0.182. The number of amides is 3. The van der Waals surface area contributed by atoms with Crippen LogP contribution in [0.25, 0.3) is 11.0 Å². The maximum Gasteiger partial charge on any atom is 0.410 e. The minimum atomic E-state index is -0.641. The first-order valence-electron chi connectivity index (χ1n) is 11.0. The van der Waals surface area contributed by atoms with E-state index in [1.165, 1.54) is 4.90 Å². The number of hydrogen-bond acceptors (Lipinski definition) is 5. The molecule has 186 valence electrons. The van der Waals surface area contributed by atoms with Crippen molar-refractivity contribution in [2.45, 2.75) is 65.8 Å². The highest BCUT2D eigenvalue weighted by Crippen LogP contribution is 2.29. The second kappa shape index (κ2) is 9.62. The third-order valence-corrected chi connectivity index (χ3v) is 5.71. The normalized spacial score (nSPS) is 15.1. The molecule has 0 bridgehead atoms. The van der Waals surface area contributed by atoms with Crippen molar-refractivity contribution in [3.63, 3.8) is 0 Å². The molecule has 0 aliphatic carbocycles. The van der Waals surface area contributed by atoms with E-state index in [-0.39, 0.29) is 31.4 Å². The molecule has 34 heavy (non-hydrogen) atoms. The zero-order chi connectivity index (χ0) is 25.4. The smallest absolute Gasteiger partial charge is 0.410 e. The summed E-state index contributed by atoms with van der Waals surface area (Å²) >= 11 is 12.4. The van der Waals surface area contributed by atoms with Gasteiger partial charge < -0.3 is 19.5 Å². The molecular formula is C23H31Cl2N5O4. The minimum Gasteiger partial charge on any atom is -0.444 e. The third-order valence-electron chi connectivity index (χ3n) is 4.99. The monoisotopic (exact) mass is 511 g/mol. The zero-order valence-corrected chi connectivity index (χ0v) is 21.9. The molecule has 0 unspecified atom stereocenters. The highest BCUT2D eigenvalue weighted by molar-refractivity contribution is 6.42. The fourth-order valence-corrected chi connectivity index (χ4v) is 3.91.